The molecule has 0 aliphatic heterocycles. The molecule has 1 aromatic carbocycles. The fourth-order valence-corrected chi connectivity index (χ4v) is 2.16. The average Bonchev–Trinajstić information content (AvgIpc) is 2.65. The molecule has 0 radical (unpaired) electrons. The van der Waals surface area contributed by atoms with Gasteiger partial charge in [-0.1, -0.05) is 26.0 Å². The predicted octanol–water partition coefficient (Wildman–Crippen LogP) is -0.249. The van der Waals surface area contributed by atoms with Gasteiger partial charge >= 0.3 is 17.9 Å². The third-order valence-corrected chi connectivity index (χ3v) is 3.95. The Bertz CT molecular complexity index is 721. The first-order valence-electron chi connectivity index (χ1n) is 9.12. The minimum atomic E-state index is -1.14. The number of nitrogens with two attached hydrogens (primary N) is 2. The Labute approximate surface area is 173 Å². The first kappa shape index (κ1) is 26.8. The number of carbonyl (C=O) groups excluding carboxylic acids is 1. The Morgan fingerprint density at radius 1 is 0.933 bits per heavy atom. The van der Waals surface area contributed by atoms with Crippen molar-refractivity contribution in [2.75, 3.05) is 0 Å². The number of phenolic OH excluding ortho intramolecular Hbond substituents is 1. The quantitative estimate of drug-likeness (QED) is 0.260. The summed E-state index contributed by atoms with van der Waals surface area (Å²) >= 11 is 0. The lowest BCUT2D eigenvalue weighted by atomic mass is 10.0. The molecule has 0 bridgehead atoms. The Hall–Kier alpha value is -3.18. The van der Waals surface area contributed by atoms with Gasteiger partial charge in [-0.15, -0.1) is 0 Å². The van der Waals surface area contributed by atoms with Crippen LogP contribution >= 0.6 is 0 Å². The van der Waals surface area contributed by atoms with Crippen LogP contribution in [0.4, 0.5) is 0 Å². The molecule has 1 aromatic rings. The number of hydrogen-bond donors (Lipinski definition) is 7. The van der Waals surface area contributed by atoms with E-state index in [4.69, 9.17) is 31.9 Å². The van der Waals surface area contributed by atoms with Crippen LogP contribution in [0.2, 0.25) is 0 Å². The Morgan fingerprint density at radius 2 is 1.47 bits per heavy atom. The molecule has 1 amide bonds. The molecule has 0 aliphatic carbocycles. The van der Waals surface area contributed by atoms with Gasteiger partial charge in [-0.3, -0.25) is 14.4 Å². The molecule has 0 saturated heterocycles. The van der Waals surface area contributed by atoms with Gasteiger partial charge in [-0.2, -0.15) is 0 Å². The van der Waals surface area contributed by atoms with Crippen molar-refractivity contribution in [3.05, 3.63) is 29.8 Å². The van der Waals surface area contributed by atoms with E-state index in [0.717, 1.165) is 5.56 Å². The Kier molecular flexibility index (Phi) is 11.7. The van der Waals surface area contributed by atoms with Crippen molar-refractivity contribution >= 4 is 23.8 Å². The normalized spacial score (nSPS) is 13.4. The largest absolute Gasteiger partial charge is 0.508 e. The fourth-order valence-electron chi connectivity index (χ4n) is 2.16. The van der Waals surface area contributed by atoms with E-state index < -0.39 is 41.9 Å². The number of carboxylic acids is 3. The van der Waals surface area contributed by atoms with E-state index in [1.807, 2.05) is 0 Å². The van der Waals surface area contributed by atoms with Gasteiger partial charge in [0.1, 0.15) is 17.8 Å². The Morgan fingerprint density at radius 3 is 1.87 bits per heavy atom. The summed E-state index contributed by atoms with van der Waals surface area (Å²) in [6.07, 6.45) is 0.0230. The molecule has 0 saturated carbocycles. The van der Waals surface area contributed by atoms with Crippen LogP contribution in [0.5, 0.6) is 5.75 Å². The van der Waals surface area contributed by atoms with Crippen LogP contribution in [-0.2, 0) is 25.6 Å². The average molecular weight is 427 g/mol. The summed E-state index contributed by atoms with van der Waals surface area (Å²) in [5, 5.41) is 37.0. The van der Waals surface area contributed by atoms with Crippen molar-refractivity contribution in [2.45, 2.75) is 51.2 Å². The van der Waals surface area contributed by atoms with Crippen molar-refractivity contribution in [3.8, 4) is 5.75 Å². The molecule has 3 unspecified atom stereocenters. The number of carbonyl (C=O) groups is 4. The summed E-state index contributed by atoms with van der Waals surface area (Å²) in [6.45, 7) is 3.31. The minimum absolute atomic E-state index is 0.0222. The van der Waals surface area contributed by atoms with Crippen LogP contribution in [-0.4, -0.2) is 62.4 Å². The van der Waals surface area contributed by atoms with Gasteiger partial charge in [0.25, 0.3) is 0 Å². The van der Waals surface area contributed by atoms with Gasteiger partial charge in [0.05, 0.1) is 6.04 Å². The third kappa shape index (κ3) is 11.0. The van der Waals surface area contributed by atoms with E-state index in [-0.39, 0.29) is 30.9 Å². The van der Waals surface area contributed by atoms with Crippen LogP contribution in [0, 0.1) is 5.92 Å². The summed E-state index contributed by atoms with van der Waals surface area (Å²) in [5.41, 5.74) is 11.6. The molecule has 11 heteroatoms. The minimum Gasteiger partial charge on any atom is -0.508 e. The number of aromatic hydroxyl groups is 1. The second kappa shape index (κ2) is 13.1. The standard InChI is InChI=1S/C10H18N2O5.C9H11NO3/c1-5(2)8(10(16)17)12-9(15)6(11)3-4-7(13)14;10-8(9(12)13)5-6-1-3-7(11)4-2-6/h5-6,8H,3-4,11H2,1-2H3,(H,12,15)(H,13,14)(H,16,17);1-4,8,11H,5,10H2,(H,12,13). The first-order chi connectivity index (χ1) is 13.8. The summed E-state index contributed by atoms with van der Waals surface area (Å²) in [5.74, 6) is -3.97. The second-order valence-electron chi connectivity index (χ2n) is 6.92. The zero-order valence-corrected chi connectivity index (χ0v) is 16.8. The molecule has 1 rings (SSSR count). The molecule has 0 aliphatic rings. The Balaban J connectivity index is 0.000000579. The number of hydrogen-bond acceptors (Lipinski definition) is 7. The summed E-state index contributed by atoms with van der Waals surface area (Å²) < 4.78 is 0. The topological polar surface area (TPSA) is 213 Å². The number of benzene rings is 1. The molecule has 0 heterocycles. The number of carboxylic acid groups (broad SMARTS) is 3. The van der Waals surface area contributed by atoms with Gasteiger partial charge in [0, 0.05) is 6.42 Å². The molecule has 168 valence electrons. The van der Waals surface area contributed by atoms with Crippen molar-refractivity contribution < 1.29 is 39.6 Å². The molecule has 3 atom stereocenters. The number of aliphatic carboxylic acids is 3. The van der Waals surface area contributed by atoms with Crippen LogP contribution in [0.15, 0.2) is 24.3 Å². The number of nitrogens with one attached hydrogen (secondary N) is 1. The van der Waals surface area contributed by atoms with Crippen LogP contribution in [0.3, 0.4) is 0 Å². The molecule has 9 N–H and O–H groups in total. The molecular formula is C19H29N3O8. The lowest BCUT2D eigenvalue weighted by Gasteiger charge is -2.20. The van der Waals surface area contributed by atoms with E-state index in [0.29, 0.717) is 0 Å². The fraction of sp³-hybridized carbons (Fsp3) is 0.474. The molecular weight excluding hydrogens is 398 g/mol. The third-order valence-electron chi connectivity index (χ3n) is 3.95. The van der Waals surface area contributed by atoms with Crippen molar-refractivity contribution in [1.29, 1.82) is 0 Å². The molecule has 30 heavy (non-hydrogen) atoms. The van der Waals surface area contributed by atoms with Crippen molar-refractivity contribution in [3.63, 3.8) is 0 Å². The zero-order chi connectivity index (χ0) is 23.4. The van der Waals surface area contributed by atoms with Crippen molar-refractivity contribution in [2.24, 2.45) is 17.4 Å². The maximum absolute atomic E-state index is 11.5. The van der Waals surface area contributed by atoms with Gasteiger partial charge in [0.2, 0.25) is 5.91 Å². The molecule has 0 fully saturated rings. The summed E-state index contributed by atoms with van der Waals surface area (Å²) in [4.78, 5) is 43.0. The molecule has 0 spiro atoms. The van der Waals surface area contributed by atoms with E-state index in [1.165, 1.54) is 12.1 Å². The highest BCUT2D eigenvalue weighted by Gasteiger charge is 2.26. The zero-order valence-electron chi connectivity index (χ0n) is 16.8. The monoisotopic (exact) mass is 427 g/mol. The van der Waals surface area contributed by atoms with Gasteiger partial charge in [-0.05, 0) is 36.5 Å². The maximum Gasteiger partial charge on any atom is 0.326 e. The lowest BCUT2D eigenvalue weighted by molar-refractivity contribution is -0.143. The first-order valence-corrected chi connectivity index (χ1v) is 9.12. The number of rotatable bonds is 10. The molecule has 11 nitrogen and oxygen atoms in total. The van der Waals surface area contributed by atoms with Gasteiger partial charge in [0.15, 0.2) is 0 Å². The number of amides is 1. The van der Waals surface area contributed by atoms with Crippen LogP contribution in [0.1, 0.15) is 32.3 Å². The summed E-state index contributed by atoms with van der Waals surface area (Å²) in [7, 11) is 0. The van der Waals surface area contributed by atoms with E-state index in [9.17, 15) is 19.2 Å². The number of phenols is 1. The molecule has 0 aromatic heterocycles. The second-order valence-corrected chi connectivity index (χ2v) is 6.92. The van der Waals surface area contributed by atoms with Crippen LogP contribution in [0.25, 0.3) is 0 Å². The van der Waals surface area contributed by atoms with E-state index in [1.54, 1.807) is 26.0 Å². The SMILES string of the molecule is CC(C)C(NC(=O)C(N)CCC(=O)O)C(=O)O.NC(Cc1ccc(O)cc1)C(=O)O. The predicted molar refractivity (Wildman–Crippen MR) is 107 cm³/mol. The maximum atomic E-state index is 11.5. The smallest absolute Gasteiger partial charge is 0.326 e. The van der Waals surface area contributed by atoms with Crippen LogP contribution < -0.4 is 16.8 Å². The highest BCUT2D eigenvalue weighted by Crippen LogP contribution is 2.10. The van der Waals surface area contributed by atoms with Crippen molar-refractivity contribution in [1.82, 2.24) is 5.32 Å². The van der Waals surface area contributed by atoms with E-state index >= 15 is 0 Å². The van der Waals surface area contributed by atoms with Gasteiger partial charge < -0.3 is 37.2 Å². The van der Waals surface area contributed by atoms with Gasteiger partial charge in [-0.25, -0.2) is 4.79 Å². The highest BCUT2D eigenvalue weighted by molar-refractivity contribution is 5.87. The summed E-state index contributed by atoms with van der Waals surface area (Å²) in [6, 6.07) is 3.40. The lowest BCUT2D eigenvalue weighted by Crippen LogP contribution is -2.50. The van der Waals surface area contributed by atoms with E-state index in [2.05, 4.69) is 5.32 Å². The highest BCUT2D eigenvalue weighted by atomic mass is 16.4.